The minimum atomic E-state index is 0.550. The second-order valence-electron chi connectivity index (χ2n) is 4.73. The largest absolute Gasteiger partial charge is 0.383 e. The summed E-state index contributed by atoms with van der Waals surface area (Å²) in [5, 5.41) is 7.68. The molecule has 0 spiro atoms. The lowest BCUT2D eigenvalue weighted by Crippen LogP contribution is -2.35. The third kappa shape index (κ3) is 1.69. The van der Waals surface area contributed by atoms with Crippen LogP contribution in [0.3, 0.4) is 0 Å². The number of piperidine rings is 1. The Morgan fingerprint density at radius 1 is 1.47 bits per heavy atom. The van der Waals surface area contributed by atoms with Crippen molar-refractivity contribution in [2.75, 3.05) is 23.7 Å². The fourth-order valence-corrected chi connectivity index (χ4v) is 2.48. The Labute approximate surface area is 99.2 Å². The van der Waals surface area contributed by atoms with Crippen molar-refractivity contribution >= 4 is 22.7 Å². The molecule has 2 aromatic heterocycles. The van der Waals surface area contributed by atoms with E-state index in [-0.39, 0.29) is 0 Å². The molecule has 17 heavy (non-hydrogen) atoms. The summed E-state index contributed by atoms with van der Waals surface area (Å²) in [6, 6.07) is 0. The third-order valence-corrected chi connectivity index (χ3v) is 3.32. The fourth-order valence-electron chi connectivity index (χ4n) is 2.48. The van der Waals surface area contributed by atoms with Crippen molar-refractivity contribution in [1.29, 1.82) is 0 Å². The van der Waals surface area contributed by atoms with Crippen molar-refractivity contribution in [3.8, 4) is 0 Å². The molecular weight excluding hydrogens is 216 g/mol. The maximum absolute atomic E-state index is 5.89. The standard InChI is InChI=1S/C11H16N6/c1-7-3-2-4-17(5-7)11-8-9(12)15-16-10(8)13-6-14-11/h6-7H,2-5H2,1H3,(H3,12,13,14,15,16). The van der Waals surface area contributed by atoms with Crippen LogP contribution in [-0.2, 0) is 0 Å². The van der Waals surface area contributed by atoms with Gasteiger partial charge in [0, 0.05) is 13.1 Å². The molecule has 1 fully saturated rings. The van der Waals surface area contributed by atoms with Gasteiger partial charge in [0.15, 0.2) is 5.65 Å². The van der Waals surface area contributed by atoms with Gasteiger partial charge in [-0.3, -0.25) is 5.10 Å². The van der Waals surface area contributed by atoms with E-state index in [4.69, 9.17) is 5.73 Å². The number of aromatic nitrogens is 4. The number of anilines is 2. The number of nitrogens with two attached hydrogens (primary N) is 1. The minimum absolute atomic E-state index is 0.550. The zero-order valence-corrected chi connectivity index (χ0v) is 9.85. The Bertz CT molecular complexity index is 534. The molecule has 0 bridgehead atoms. The van der Waals surface area contributed by atoms with Crippen LogP contribution < -0.4 is 10.6 Å². The number of nitrogens with zero attached hydrogens (tertiary/aromatic N) is 4. The first-order chi connectivity index (χ1) is 8.25. The molecular formula is C11H16N6. The van der Waals surface area contributed by atoms with E-state index in [9.17, 15) is 0 Å². The first-order valence-electron chi connectivity index (χ1n) is 5.95. The van der Waals surface area contributed by atoms with E-state index in [1.54, 1.807) is 6.33 Å². The number of aromatic amines is 1. The van der Waals surface area contributed by atoms with Crippen LogP contribution in [0.4, 0.5) is 11.6 Å². The van der Waals surface area contributed by atoms with E-state index in [1.165, 1.54) is 12.8 Å². The molecule has 2 aromatic rings. The van der Waals surface area contributed by atoms with E-state index < -0.39 is 0 Å². The van der Waals surface area contributed by atoms with E-state index in [0.717, 1.165) is 24.3 Å². The second kappa shape index (κ2) is 3.87. The lowest BCUT2D eigenvalue weighted by Gasteiger charge is -2.32. The lowest BCUT2D eigenvalue weighted by molar-refractivity contribution is 0.445. The van der Waals surface area contributed by atoms with Crippen LogP contribution in [0.5, 0.6) is 0 Å². The molecule has 1 unspecified atom stereocenters. The summed E-state index contributed by atoms with van der Waals surface area (Å²) in [7, 11) is 0. The average molecular weight is 232 g/mol. The van der Waals surface area contributed by atoms with Crippen molar-refractivity contribution in [3.05, 3.63) is 6.33 Å². The van der Waals surface area contributed by atoms with Crippen LogP contribution in [0, 0.1) is 5.92 Å². The number of hydrogen-bond acceptors (Lipinski definition) is 5. The van der Waals surface area contributed by atoms with Crippen molar-refractivity contribution in [2.45, 2.75) is 19.8 Å². The van der Waals surface area contributed by atoms with Crippen LogP contribution in [-0.4, -0.2) is 33.3 Å². The Kier molecular flexibility index (Phi) is 2.35. The van der Waals surface area contributed by atoms with Gasteiger partial charge in [0.1, 0.15) is 23.3 Å². The summed E-state index contributed by atoms with van der Waals surface area (Å²) >= 11 is 0. The predicted molar refractivity (Wildman–Crippen MR) is 66.7 cm³/mol. The van der Waals surface area contributed by atoms with Crippen molar-refractivity contribution in [3.63, 3.8) is 0 Å². The Balaban J connectivity index is 2.07. The molecule has 0 aliphatic carbocycles. The Morgan fingerprint density at radius 3 is 3.18 bits per heavy atom. The number of H-pyrrole nitrogens is 1. The Morgan fingerprint density at radius 2 is 2.35 bits per heavy atom. The van der Waals surface area contributed by atoms with Gasteiger partial charge >= 0.3 is 0 Å². The van der Waals surface area contributed by atoms with Gasteiger partial charge in [-0.15, -0.1) is 0 Å². The molecule has 90 valence electrons. The second-order valence-corrected chi connectivity index (χ2v) is 4.73. The number of fused-ring (bicyclic) bond motifs is 1. The summed E-state index contributed by atoms with van der Waals surface area (Å²) in [4.78, 5) is 10.8. The Hall–Kier alpha value is -1.85. The van der Waals surface area contributed by atoms with Gasteiger partial charge in [-0.25, -0.2) is 9.97 Å². The molecule has 0 saturated carbocycles. The molecule has 3 N–H and O–H groups in total. The number of rotatable bonds is 1. The molecule has 1 aliphatic rings. The highest BCUT2D eigenvalue weighted by molar-refractivity contribution is 5.95. The highest BCUT2D eigenvalue weighted by Gasteiger charge is 2.21. The quantitative estimate of drug-likeness (QED) is 0.771. The van der Waals surface area contributed by atoms with Crippen LogP contribution >= 0.6 is 0 Å². The van der Waals surface area contributed by atoms with Crippen LogP contribution in [0.1, 0.15) is 19.8 Å². The van der Waals surface area contributed by atoms with Gasteiger partial charge in [0.2, 0.25) is 0 Å². The van der Waals surface area contributed by atoms with Gasteiger partial charge in [-0.1, -0.05) is 6.92 Å². The summed E-state index contributed by atoms with van der Waals surface area (Å²) in [5.74, 6) is 2.16. The summed E-state index contributed by atoms with van der Waals surface area (Å²) in [6.07, 6.45) is 4.03. The van der Waals surface area contributed by atoms with E-state index >= 15 is 0 Å². The molecule has 0 aromatic carbocycles. The zero-order chi connectivity index (χ0) is 11.8. The molecule has 3 heterocycles. The molecule has 1 saturated heterocycles. The molecule has 1 aliphatic heterocycles. The maximum atomic E-state index is 5.89. The minimum Gasteiger partial charge on any atom is -0.383 e. The molecule has 3 rings (SSSR count). The molecule has 6 heteroatoms. The SMILES string of the molecule is CC1CCCN(c2ncnc3n[nH]c(N)c23)C1. The monoisotopic (exact) mass is 232 g/mol. The van der Waals surface area contributed by atoms with E-state index in [2.05, 4.69) is 32.0 Å². The fraction of sp³-hybridized carbons (Fsp3) is 0.545. The molecule has 0 radical (unpaired) electrons. The zero-order valence-electron chi connectivity index (χ0n) is 9.85. The molecule has 0 amide bonds. The van der Waals surface area contributed by atoms with E-state index in [1.807, 2.05) is 0 Å². The number of nitrogens with one attached hydrogen (secondary N) is 1. The maximum Gasteiger partial charge on any atom is 0.188 e. The van der Waals surface area contributed by atoms with Crippen molar-refractivity contribution in [1.82, 2.24) is 20.2 Å². The van der Waals surface area contributed by atoms with Crippen LogP contribution in [0.25, 0.3) is 11.0 Å². The van der Waals surface area contributed by atoms with Gasteiger partial charge in [-0.2, -0.15) is 5.10 Å². The number of nitrogen functional groups attached to an aromatic ring is 1. The average Bonchev–Trinajstić information content (AvgIpc) is 2.71. The molecule has 6 nitrogen and oxygen atoms in total. The summed E-state index contributed by atoms with van der Waals surface area (Å²) in [5.41, 5.74) is 6.54. The summed E-state index contributed by atoms with van der Waals surface area (Å²) < 4.78 is 0. The van der Waals surface area contributed by atoms with Crippen molar-refractivity contribution in [2.24, 2.45) is 5.92 Å². The van der Waals surface area contributed by atoms with Crippen molar-refractivity contribution < 1.29 is 0 Å². The predicted octanol–water partition coefficient (Wildman–Crippen LogP) is 1.17. The van der Waals surface area contributed by atoms with Gasteiger partial charge < -0.3 is 10.6 Å². The number of hydrogen-bond donors (Lipinski definition) is 2. The first kappa shape index (κ1) is 10.3. The third-order valence-electron chi connectivity index (χ3n) is 3.32. The van der Waals surface area contributed by atoms with E-state index in [0.29, 0.717) is 17.4 Å². The van der Waals surface area contributed by atoms with Gasteiger partial charge in [0.05, 0.1) is 0 Å². The van der Waals surface area contributed by atoms with Crippen LogP contribution in [0.15, 0.2) is 6.33 Å². The first-order valence-corrected chi connectivity index (χ1v) is 5.95. The van der Waals surface area contributed by atoms with Gasteiger partial charge in [-0.05, 0) is 18.8 Å². The molecule has 1 atom stereocenters. The topological polar surface area (TPSA) is 83.7 Å². The normalized spacial score (nSPS) is 21.0. The highest BCUT2D eigenvalue weighted by atomic mass is 15.2. The summed E-state index contributed by atoms with van der Waals surface area (Å²) in [6.45, 7) is 4.32. The highest BCUT2D eigenvalue weighted by Crippen LogP contribution is 2.29. The smallest absolute Gasteiger partial charge is 0.188 e. The lowest BCUT2D eigenvalue weighted by atomic mass is 10.0. The van der Waals surface area contributed by atoms with Gasteiger partial charge in [0.25, 0.3) is 0 Å². The van der Waals surface area contributed by atoms with Crippen LogP contribution in [0.2, 0.25) is 0 Å².